The molecule has 1 unspecified atom stereocenters. The van der Waals surface area contributed by atoms with Crippen LogP contribution in [0, 0.1) is 0 Å². The number of nitrogens with zero attached hydrogens (tertiary/aromatic N) is 6. The number of anilines is 1. The van der Waals surface area contributed by atoms with E-state index < -0.39 is 39.9 Å². The minimum absolute atomic E-state index is 0.0334. The topological polar surface area (TPSA) is 109 Å². The minimum atomic E-state index is -4.80. The van der Waals surface area contributed by atoms with E-state index in [9.17, 15) is 35.9 Å². The average molecular weight is 557 g/mol. The molecule has 1 aliphatic rings. The number of fused-ring (bicyclic) bond motifs is 1. The second-order valence-corrected chi connectivity index (χ2v) is 9.17. The predicted molar refractivity (Wildman–Crippen MR) is 126 cm³/mol. The Morgan fingerprint density at radius 1 is 1.05 bits per heavy atom. The van der Waals surface area contributed by atoms with Gasteiger partial charge in [-0.2, -0.15) is 31.4 Å². The van der Waals surface area contributed by atoms with Gasteiger partial charge in [0.15, 0.2) is 0 Å². The van der Waals surface area contributed by atoms with Crippen LogP contribution in [0.2, 0.25) is 0 Å². The van der Waals surface area contributed by atoms with E-state index in [1.165, 1.54) is 6.92 Å². The summed E-state index contributed by atoms with van der Waals surface area (Å²) in [6, 6.07) is 0. The number of rotatable bonds is 7. The summed E-state index contributed by atoms with van der Waals surface area (Å²) in [6.45, 7) is 2.27. The minimum Gasteiger partial charge on any atom is -0.379 e. The number of nitrogens with one attached hydrogen (secondary N) is 1. The van der Waals surface area contributed by atoms with E-state index in [0.29, 0.717) is 25.5 Å². The Morgan fingerprint density at radius 2 is 1.69 bits per heavy atom. The maximum Gasteiger partial charge on any atom is 0.419 e. The van der Waals surface area contributed by atoms with Gasteiger partial charge in [-0.3, -0.25) is 9.59 Å². The van der Waals surface area contributed by atoms with Crippen LogP contribution in [-0.4, -0.2) is 82.8 Å². The molecule has 1 N–H and O–H groups in total. The summed E-state index contributed by atoms with van der Waals surface area (Å²) in [5.74, 6) is -0.118. The SMILES string of the molecule is [B]C(C)(COCCC(=O)N1CCN(c2ncc(C(F)(F)F)cn2)CC1)n1cc(C(F)(F)F)c2c(=O)[nH]ncc21. The third kappa shape index (κ3) is 6.18. The highest BCUT2D eigenvalue weighted by Crippen LogP contribution is 2.36. The largest absolute Gasteiger partial charge is 0.419 e. The van der Waals surface area contributed by atoms with E-state index in [1.54, 1.807) is 9.80 Å². The van der Waals surface area contributed by atoms with E-state index in [0.717, 1.165) is 17.0 Å². The van der Waals surface area contributed by atoms with Crippen molar-refractivity contribution in [2.45, 2.75) is 31.1 Å². The van der Waals surface area contributed by atoms with Crippen LogP contribution in [0.4, 0.5) is 32.3 Å². The molecule has 3 aromatic heterocycles. The fraction of sp³-hybridized carbons (Fsp3) is 0.500. The van der Waals surface area contributed by atoms with Crippen molar-refractivity contribution < 1.29 is 35.9 Å². The summed E-state index contributed by atoms with van der Waals surface area (Å²) in [5, 5.41) is 4.95. The molecule has 0 aliphatic carbocycles. The van der Waals surface area contributed by atoms with E-state index in [1.807, 2.05) is 5.10 Å². The molecule has 1 fully saturated rings. The number of carbonyl (C=O) groups excluding carboxylic acids is 1. The highest BCUT2D eigenvalue weighted by Gasteiger charge is 2.38. The van der Waals surface area contributed by atoms with Gasteiger partial charge in [-0.05, 0) is 6.92 Å². The van der Waals surface area contributed by atoms with E-state index in [-0.39, 0.29) is 50.1 Å². The summed E-state index contributed by atoms with van der Waals surface area (Å²) in [6.07, 6.45) is -6.16. The van der Waals surface area contributed by atoms with Crippen molar-refractivity contribution in [1.82, 2.24) is 29.6 Å². The number of ether oxygens (including phenoxy) is 1. The smallest absolute Gasteiger partial charge is 0.379 e. The lowest BCUT2D eigenvalue weighted by molar-refractivity contribution is -0.138. The second-order valence-electron chi connectivity index (χ2n) is 9.17. The molecule has 2 radical (unpaired) electrons. The highest BCUT2D eigenvalue weighted by atomic mass is 19.4. The second kappa shape index (κ2) is 10.5. The molecule has 1 amide bonds. The lowest BCUT2D eigenvalue weighted by Crippen LogP contribution is -2.49. The first-order valence-corrected chi connectivity index (χ1v) is 11.6. The molecular formula is C22H22BF6N7O3. The first-order valence-electron chi connectivity index (χ1n) is 11.6. The van der Waals surface area contributed by atoms with Gasteiger partial charge in [0.25, 0.3) is 5.56 Å². The lowest BCUT2D eigenvalue weighted by atomic mass is 9.80. The Balaban J connectivity index is 1.29. The molecule has 10 nitrogen and oxygen atoms in total. The Bertz CT molecular complexity index is 1380. The van der Waals surface area contributed by atoms with Gasteiger partial charge in [0.2, 0.25) is 11.9 Å². The van der Waals surface area contributed by atoms with Crippen molar-refractivity contribution in [2.75, 3.05) is 44.3 Å². The van der Waals surface area contributed by atoms with Gasteiger partial charge >= 0.3 is 12.4 Å². The van der Waals surface area contributed by atoms with Gasteiger partial charge in [-0.1, -0.05) is 0 Å². The number of aromatic amines is 1. The maximum atomic E-state index is 13.5. The van der Waals surface area contributed by atoms with Gasteiger partial charge in [0.1, 0.15) is 7.85 Å². The number of aromatic nitrogens is 5. The molecule has 4 rings (SSSR count). The Hall–Kier alpha value is -3.63. The van der Waals surface area contributed by atoms with Crippen LogP contribution in [0.5, 0.6) is 0 Å². The summed E-state index contributed by atoms with van der Waals surface area (Å²) < 4.78 is 85.1. The van der Waals surface area contributed by atoms with Crippen LogP contribution in [-0.2, 0) is 27.3 Å². The molecule has 208 valence electrons. The number of hydrogen-bond acceptors (Lipinski definition) is 7. The van der Waals surface area contributed by atoms with Crippen LogP contribution in [0.25, 0.3) is 10.9 Å². The molecule has 0 aromatic carbocycles. The quantitative estimate of drug-likeness (QED) is 0.270. The van der Waals surface area contributed by atoms with Crippen molar-refractivity contribution in [1.29, 1.82) is 0 Å². The average Bonchev–Trinajstić information content (AvgIpc) is 3.29. The van der Waals surface area contributed by atoms with E-state index in [2.05, 4.69) is 15.1 Å². The first-order chi connectivity index (χ1) is 18.2. The van der Waals surface area contributed by atoms with Crippen molar-refractivity contribution in [2.24, 2.45) is 0 Å². The van der Waals surface area contributed by atoms with Crippen molar-refractivity contribution in [3.8, 4) is 0 Å². The summed E-state index contributed by atoms with van der Waals surface area (Å²) in [4.78, 5) is 35.3. The van der Waals surface area contributed by atoms with Gasteiger partial charge in [-0.15, -0.1) is 0 Å². The number of alkyl halides is 6. The number of hydrogen-bond donors (Lipinski definition) is 1. The fourth-order valence-electron chi connectivity index (χ4n) is 4.19. The van der Waals surface area contributed by atoms with Crippen molar-refractivity contribution >= 4 is 30.6 Å². The summed E-state index contributed by atoms with van der Waals surface area (Å²) in [7, 11) is 6.23. The normalized spacial score (nSPS) is 16.5. The number of carbonyl (C=O) groups is 1. The van der Waals surface area contributed by atoms with Crippen LogP contribution in [0.1, 0.15) is 24.5 Å². The molecule has 17 heteroatoms. The van der Waals surface area contributed by atoms with Gasteiger partial charge < -0.3 is 19.1 Å². The molecule has 39 heavy (non-hydrogen) atoms. The van der Waals surface area contributed by atoms with Gasteiger partial charge in [0, 0.05) is 50.2 Å². The monoisotopic (exact) mass is 557 g/mol. The van der Waals surface area contributed by atoms with E-state index >= 15 is 0 Å². The molecule has 1 saturated heterocycles. The van der Waals surface area contributed by atoms with E-state index in [4.69, 9.17) is 12.6 Å². The zero-order chi connectivity index (χ0) is 28.6. The first kappa shape index (κ1) is 28.4. The number of amides is 1. The Kier molecular flexibility index (Phi) is 7.65. The third-order valence-corrected chi connectivity index (χ3v) is 6.21. The zero-order valence-corrected chi connectivity index (χ0v) is 20.5. The summed E-state index contributed by atoms with van der Waals surface area (Å²) >= 11 is 0. The molecule has 4 heterocycles. The molecule has 1 aliphatic heterocycles. The molecule has 3 aromatic rings. The molecule has 0 saturated carbocycles. The third-order valence-electron chi connectivity index (χ3n) is 6.21. The Labute approximate surface area is 218 Å². The van der Waals surface area contributed by atoms with Crippen molar-refractivity contribution in [3.63, 3.8) is 0 Å². The maximum absolute atomic E-state index is 13.5. The lowest BCUT2D eigenvalue weighted by Gasteiger charge is -2.35. The van der Waals surface area contributed by atoms with Crippen LogP contribution in [0.15, 0.2) is 29.6 Å². The Morgan fingerprint density at radius 3 is 2.28 bits per heavy atom. The molecule has 1 atom stereocenters. The molecule has 0 bridgehead atoms. The molecule has 0 spiro atoms. The zero-order valence-electron chi connectivity index (χ0n) is 20.5. The highest BCUT2D eigenvalue weighted by molar-refractivity contribution is 6.14. The summed E-state index contributed by atoms with van der Waals surface area (Å²) in [5.41, 5.74) is -4.75. The predicted octanol–water partition coefficient (Wildman–Crippen LogP) is 2.15. The molecular weight excluding hydrogens is 535 g/mol. The van der Waals surface area contributed by atoms with Crippen molar-refractivity contribution in [3.05, 3.63) is 46.3 Å². The van der Waals surface area contributed by atoms with Gasteiger partial charge in [0.05, 0.1) is 47.9 Å². The van der Waals surface area contributed by atoms with Crippen LogP contribution >= 0.6 is 0 Å². The van der Waals surface area contributed by atoms with Crippen LogP contribution < -0.4 is 10.5 Å². The number of halogens is 6. The standard InChI is InChI=1S/C22H22BF6N7O3/c1-20(23,36-11-14(22(27,28)29)17-15(36)10-32-33-18(17)38)12-39-7-2-16(37)34-3-5-35(6-4-34)19-30-8-13(9-31-19)21(24,25)26/h8-11H,2-7,12H2,1H3,(H,33,38). The number of H-pyrrole nitrogens is 1. The van der Waals surface area contributed by atoms with Crippen LogP contribution in [0.3, 0.4) is 0 Å². The van der Waals surface area contributed by atoms with Gasteiger partial charge in [-0.25, -0.2) is 15.1 Å². The fourth-order valence-corrected chi connectivity index (χ4v) is 4.19. The number of piperazine rings is 1.